The van der Waals surface area contributed by atoms with Gasteiger partial charge in [0, 0.05) is 18.5 Å². The topological polar surface area (TPSA) is 47.6 Å². The molecule has 4 nitrogen and oxygen atoms in total. The molecule has 1 N–H and O–H groups in total. The molecule has 1 aliphatic carbocycles. The lowest BCUT2D eigenvalue weighted by Crippen LogP contribution is -2.40. The number of methoxy groups -OCH3 is 1. The Morgan fingerprint density at radius 1 is 1.44 bits per heavy atom. The van der Waals surface area contributed by atoms with Crippen molar-refractivity contribution in [1.29, 1.82) is 0 Å². The van der Waals surface area contributed by atoms with Gasteiger partial charge in [-0.05, 0) is 18.8 Å². The molecule has 1 saturated carbocycles. The molecule has 0 aliphatic heterocycles. The quantitative estimate of drug-likeness (QED) is 0.569. The molecule has 0 aromatic rings. The van der Waals surface area contributed by atoms with Gasteiger partial charge in [-0.3, -0.25) is 4.79 Å². The zero-order valence-corrected chi connectivity index (χ0v) is 11.3. The number of hydrogen-bond acceptors (Lipinski definition) is 3. The molecule has 0 radical (unpaired) electrons. The maximum absolute atomic E-state index is 11.5. The molecule has 2 atom stereocenters. The van der Waals surface area contributed by atoms with Gasteiger partial charge in [0.15, 0.2) is 0 Å². The van der Waals surface area contributed by atoms with Crippen molar-refractivity contribution in [1.82, 2.24) is 5.32 Å². The second-order valence-corrected chi connectivity index (χ2v) is 4.71. The number of ether oxygens (including phenoxy) is 2. The van der Waals surface area contributed by atoms with Gasteiger partial charge >= 0.3 is 0 Å². The zero-order chi connectivity index (χ0) is 11.8. The van der Waals surface area contributed by atoms with Crippen LogP contribution in [0.5, 0.6) is 0 Å². The third-order valence-corrected chi connectivity index (χ3v) is 3.70. The molecule has 1 amide bonds. The van der Waals surface area contributed by atoms with E-state index >= 15 is 0 Å². The van der Waals surface area contributed by atoms with E-state index in [0.29, 0.717) is 25.2 Å². The molecule has 94 valence electrons. The predicted molar refractivity (Wildman–Crippen MR) is 65.8 cm³/mol. The minimum absolute atomic E-state index is 0.0195. The summed E-state index contributed by atoms with van der Waals surface area (Å²) >= 11 is 3.48. The Morgan fingerprint density at radius 2 is 2.25 bits per heavy atom. The van der Waals surface area contributed by atoms with E-state index in [1.54, 1.807) is 7.11 Å². The molecule has 0 bridgehead atoms. The molecular formula is C11H20BrNO3. The minimum atomic E-state index is -0.0195. The largest absolute Gasteiger partial charge is 0.382 e. The molecular weight excluding hydrogens is 274 g/mol. The summed E-state index contributed by atoms with van der Waals surface area (Å²) in [6.45, 7) is 1.13. The lowest BCUT2D eigenvalue weighted by atomic mass is 10.1. The zero-order valence-electron chi connectivity index (χ0n) is 9.71. The molecule has 0 aromatic heterocycles. The summed E-state index contributed by atoms with van der Waals surface area (Å²) in [6.07, 6.45) is 3.48. The van der Waals surface area contributed by atoms with E-state index in [2.05, 4.69) is 21.2 Å². The van der Waals surface area contributed by atoms with Crippen LogP contribution in [0, 0.1) is 5.92 Å². The van der Waals surface area contributed by atoms with Gasteiger partial charge in [-0.1, -0.05) is 22.4 Å². The van der Waals surface area contributed by atoms with Gasteiger partial charge in [-0.25, -0.2) is 0 Å². The van der Waals surface area contributed by atoms with Gasteiger partial charge in [0.2, 0.25) is 5.91 Å². The Hall–Kier alpha value is -0.130. The molecule has 0 heterocycles. The van der Waals surface area contributed by atoms with Gasteiger partial charge < -0.3 is 14.8 Å². The standard InChI is InChI=1S/C11H20BrNO3/c1-15-5-6-16-8-11(14)13-10-4-2-3-9(10)7-12/h9-10H,2-8H2,1H3,(H,13,14). The van der Waals surface area contributed by atoms with E-state index in [1.807, 2.05) is 0 Å². The Morgan fingerprint density at radius 3 is 2.94 bits per heavy atom. The summed E-state index contributed by atoms with van der Waals surface area (Å²) in [5, 5.41) is 3.98. The number of rotatable bonds is 7. The van der Waals surface area contributed by atoms with Crippen LogP contribution in [0.2, 0.25) is 0 Å². The summed E-state index contributed by atoms with van der Waals surface area (Å²) in [5.74, 6) is 0.553. The van der Waals surface area contributed by atoms with Crippen LogP contribution in [0.4, 0.5) is 0 Å². The number of carbonyl (C=O) groups excluding carboxylic acids is 1. The molecule has 0 spiro atoms. The van der Waals surface area contributed by atoms with Gasteiger partial charge in [-0.2, -0.15) is 0 Å². The molecule has 1 fully saturated rings. The Bertz CT molecular complexity index is 213. The average molecular weight is 294 g/mol. The Kier molecular flexibility index (Phi) is 7.00. The van der Waals surface area contributed by atoms with Gasteiger partial charge in [0.1, 0.15) is 6.61 Å². The first-order valence-electron chi connectivity index (χ1n) is 5.70. The normalized spacial score (nSPS) is 24.6. The molecule has 2 unspecified atom stereocenters. The lowest BCUT2D eigenvalue weighted by molar-refractivity contribution is -0.127. The molecule has 1 aliphatic rings. The Labute approximate surface area is 105 Å². The summed E-state index contributed by atoms with van der Waals surface area (Å²) < 4.78 is 9.99. The van der Waals surface area contributed by atoms with Gasteiger partial charge in [0.05, 0.1) is 13.2 Å². The van der Waals surface area contributed by atoms with E-state index in [9.17, 15) is 4.79 Å². The maximum Gasteiger partial charge on any atom is 0.246 e. The van der Waals surface area contributed by atoms with E-state index in [0.717, 1.165) is 11.8 Å². The van der Waals surface area contributed by atoms with Gasteiger partial charge in [0.25, 0.3) is 0 Å². The molecule has 0 saturated heterocycles. The second kappa shape index (κ2) is 8.03. The van der Waals surface area contributed by atoms with Crippen molar-refractivity contribution in [3.05, 3.63) is 0 Å². The monoisotopic (exact) mass is 293 g/mol. The number of carbonyl (C=O) groups is 1. The van der Waals surface area contributed by atoms with Crippen LogP contribution in [0.15, 0.2) is 0 Å². The number of alkyl halides is 1. The summed E-state index contributed by atoms with van der Waals surface area (Å²) in [5.41, 5.74) is 0. The number of hydrogen-bond donors (Lipinski definition) is 1. The maximum atomic E-state index is 11.5. The number of amides is 1. The molecule has 5 heteroatoms. The third kappa shape index (κ3) is 4.80. The lowest BCUT2D eigenvalue weighted by Gasteiger charge is -2.18. The first-order valence-corrected chi connectivity index (χ1v) is 6.82. The van der Waals surface area contributed by atoms with E-state index < -0.39 is 0 Å². The van der Waals surface area contributed by atoms with E-state index in [-0.39, 0.29) is 12.5 Å². The summed E-state index contributed by atoms with van der Waals surface area (Å²) in [6, 6.07) is 0.318. The van der Waals surface area contributed by atoms with Crippen molar-refractivity contribution in [2.45, 2.75) is 25.3 Å². The smallest absolute Gasteiger partial charge is 0.246 e. The Balaban J connectivity index is 2.13. The van der Waals surface area contributed by atoms with Crippen LogP contribution in [0.3, 0.4) is 0 Å². The fourth-order valence-corrected chi connectivity index (χ4v) is 2.74. The van der Waals surface area contributed by atoms with Crippen LogP contribution in [0.25, 0.3) is 0 Å². The van der Waals surface area contributed by atoms with Crippen molar-refractivity contribution in [2.75, 3.05) is 32.3 Å². The highest BCUT2D eigenvalue weighted by atomic mass is 79.9. The highest BCUT2D eigenvalue weighted by Gasteiger charge is 2.27. The van der Waals surface area contributed by atoms with Crippen molar-refractivity contribution in [2.24, 2.45) is 5.92 Å². The fourth-order valence-electron chi connectivity index (χ4n) is 1.97. The first-order chi connectivity index (χ1) is 7.77. The van der Waals surface area contributed by atoms with Crippen LogP contribution >= 0.6 is 15.9 Å². The number of nitrogens with one attached hydrogen (secondary N) is 1. The molecule has 16 heavy (non-hydrogen) atoms. The van der Waals surface area contributed by atoms with Crippen LogP contribution in [-0.2, 0) is 14.3 Å². The molecule has 1 rings (SSSR count). The average Bonchev–Trinajstić information content (AvgIpc) is 2.71. The van der Waals surface area contributed by atoms with E-state index in [1.165, 1.54) is 12.8 Å². The van der Waals surface area contributed by atoms with Crippen LogP contribution in [-0.4, -0.2) is 44.2 Å². The predicted octanol–water partition coefficient (Wildman–Crippen LogP) is 1.33. The SMILES string of the molecule is COCCOCC(=O)NC1CCCC1CBr. The summed E-state index contributed by atoms with van der Waals surface area (Å²) in [7, 11) is 1.61. The highest BCUT2D eigenvalue weighted by Crippen LogP contribution is 2.26. The van der Waals surface area contributed by atoms with Crippen molar-refractivity contribution < 1.29 is 14.3 Å². The fraction of sp³-hybridized carbons (Fsp3) is 0.909. The number of halogens is 1. The van der Waals surface area contributed by atoms with Crippen molar-refractivity contribution >= 4 is 21.8 Å². The van der Waals surface area contributed by atoms with Crippen LogP contribution < -0.4 is 5.32 Å². The highest BCUT2D eigenvalue weighted by molar-refractivity contribution is 9.09. The second-order valence-electron chi connectivity index (χ2n) is 4.06. The first kappa shape index (κ1) is 13.9. The van der Waals surface area contributed by atoms with Gasteiger partial charge in [-0.15, -0.1) is 0 Å². The van der Waals surface area contributed by atoms with Crippen molar-refractivity contribution in [3.63, 3.8) is 0 Å². The molecule has 0 aromatic carbocycles. The van der Waals surface area contributed by atoms with E-state index in [4.69, 9.17) is 9.47 Å². The minimum Gasteiger partial charge on any atom is -0.382 e. The third-order valence-electron chi connectivity index (χ3n) is 2.87. The van der Waals surface area contributed by atoms with Crippen molar-refractivity contribution in [3.8, 4) is 0 Å². The van der Waals surface area contributed by atoms with Crippen LogP contribution in [0.1, 0.15) is 19.3 Å². The summed E-state index contributed by atoms with van der Waals surface area (Å²) in [4.78, 5) is 11.5.